The molecule has 0 saturated heterocycles. The molecule has 0 spiro atoms. The highest BCUT2D eigenvalue weighted by Gasteiger charge is 2.27. The zero-order chi connectivity index (χ0) is 10.6. The lowest BCUT2D eigenvalue weighted by Crippen LogP contribution is -2.29. The highest BCUT2D eigenvalue weighted by atomic mass is 16.2. The molecule has 3 heteroatoms. The maximum atomic E-state index is 11.4. The monoisotopic (exact) mass is 184 g/mol. The Hall–Kier alpha value is -0.990. The number of Topliss-reactive ketones (excluding diaryl/α,β-unsaturated/α-hetero) is 3. The second kappa shape index (κ2) is 4.90. The van der Waals surface area contributed by atoms with Gasteiger partial charge in [0.2, 0.25) is 0 Å². The van der Waals surface area contributed by atoms with Crippen LogP contribution in [-0.2, 0) is 14.4 Å². The Balaban J connectivity index is 4.48. The molecule has 0 atom stereocenters. The first-order chi connectivity index (χ1) is 5.86. The van der Waals surface area contributed by atoms with E-state index in [9.17, 15) is 14.4 Å². The van der Waals surface area contributed by atoms with Crippen LogP contribution in [0.25, 0.3) is 0 Å². The molecule has 0 aromatic heterocycles. The van der Waals surface area contributed by atoms with E-state index in [1.807, 2.05) is 13.8 Å². The summed E-state index contributed by atoms with van der Waals surface area (Å²) >= 11 is 0. The van der Waals surface area contributed by atoms with Gasteiger partial charge in [0.15, 0.2) is 5.78 Å². The first kappa shape index (κ1) is 12.0. The van der Waals surface area contributed by atoms with Gasteiger partial charge in [-0.05, 0) is 19.8 Å². The molecule has 0 amide bonds. The lowest BCUT2D eigenvalue weighted by Gasteiger charge is -2.10. The Labute approximate surface area is 78.5 Å². The molecule has 0 aliphatic heterocycles. The predicted molar refractivity (Wildman–Crippen MR) is 49.3 cm³/mol. The van der Waals surface area contributed by atoms with Crippen LogP contribution in [-0.4, -0.2) is 17.3 Å². The van der Waals surface area contributed by atoms with Crippen molar-refractivity contribution in [3.8, 4) is 0 Å². The van der Waals surface area contributed by atoms with Crippen LogP contribution in [0.2, 0.25) is 0 Å². The Morgan fingerprint density at radius 3 is 1.62 bits per heavy atom. The van der Waals surface area contributed by atoms with Gasteiger partial charge in [0.1, 0.15) is 17.5 Å². The van der Waals surface area contributed by atoms with Crippen molar-refractivity contribution in [2.45, 2.75) is 34.1 Å². The molecule has 74 valence electrons. The first-order valence-corrected chi connectivity index (χ1v) is 4.39. The van der Waals surface area contributed by atoms with Crippen molar-refractivity contribution < 1.29 is 14.4 Å². The van der Waals surface area contributed by atoms with E-state index < -0.39 is 5.92 Å². The van der Waals surface area contributed by atoms with E-state index in [-0.39, 0.29) is 23.3 Å². The Morgan fingerprint density at radius 1 is 1.00 bits per heavy atom. The number of rotatable bonds is 5. The van der Waals surface area contributed by atoms with Crippen molar-refractivity contribution in [1.29, 1.82) is 0 Å². The van der Waals surface area contributed by atoms with Gasteiger partial charge in [0.25, 0.3) is 0 Å². The van der Waals surface area contributed by atoms with E-state index in [4.69, 9.17) is 0 Å². The van der Waals surface area contributed by atoms with Crippen LogP contribution in [0.3, 0.4) is 0 Å². The molecule has 0 aliphatic carbocycles. The van der Waals surface area contributed by atoms with E-state index in [2.05, 4.69) is 0 Å². The minimum Gasteiger partial charge on any atom is -0.299 e. The predicted octanol–water partition coefficient (Wildman–Crippen LogP) is 1.40. The highest BCUT2D eigenvalue weighted by Crippen LogP contribution is 2.10. The van der Waals surface area contributed by atoms with Crippen molar-refractivity contribution in [2.24, 2.45) is 11.8 Å². The molecule has 0 fully saturated rings. The molecule has 3 nitrogen and oxygen atoms in total. The molecule has 0 rings (SSSR count). The van der Waals surface area contributed by atoms with E-state index >= 15 is 0 Å². The Morgan fingerprint density at radius 2 is 1.38 bits per heavy atom. The summed E-state index contributed by atoms with van der Waals surface area (Å²) in [5.74, 6) is -1.79. The molecule has 0 radical (unpaired) electrons. The minimum atomic E-state index is -1.03. The molecule has 0 N–H and O–H groups in total. The molecular weight excluding hydrogens is 168 g/mol. The maximum Gasteiger partial charge on any atom is 0.151 e. The first-order valence-electron chi connectivity index (χ1n) is 4.39. The van der Waals surface area contributed by atoms with Crippen molar-refractivity contribution in [1.82, 2.24) is 0 Å². The summed E-state index contributed by atoms with van der Waals surface area (Å²) in [5, 5.41) is 0. The highest BCUT2D eigenvalue weighted by molar-refractivity contribution is 6.18. The molecule has 13 heavy (non-hydrogen) atoms. The number of carbonyl (C=O) groups is 3. The molecule has 0 saturated carbocycles. The third kappa shape index (κ3) is 3.97. The second-order valence-electron chi connectivity index (χ2n) is 3.72. The summed E-state index contributed by atoms with van der Waals surface area (Å²) in [6.45, 7) is 6.33. The standard InChI is InChI=1S/C10H16O3/c1-6(2)5-9(13)10(7(3)11)8(4)12/h6,10H,5H2,1-4H3. The molecule has 0 unspecified atom stereocenters. The van der Waals surface area contributed by atoms with Gasteiger partial charge in [-0.15, -0.1) is 0 Å². The van der Waals surface area contributed by atoms with Crippen molar-refractivity contribution >= 4 is 17.3 Å². The molecule has 0 bridgehead atoms. The van der Waals surface area contributed by atoms with Crippen LogP contribution in [0, 0.1) is 11.8 Å². The molecule has 0 aliphatic rings. The van der Waals surface area contributed by atoms with Gasteiger partial charge in [-0.2, -0.15) is 0 Å². The molecule has 0 aromatic carbocycles. The zero-order valence-corrected chi connectivity index (χ0v) is 8.59. The number of hydrogen-bond donors (Lipinski definition) is 0. The van der Waals surface area contributed by atoms with Gasteiger partial charge in [-0.3, -0.25) is 14.4 Å². The summed E-state index contributed by atoms with van der Waals surface area (Å²) in [6.07, 6.45) is 0.295. The largest absolute Gasteiger partial charge is 0.299 e. The van der Waals surface area contributed by atoms with Gasteiger partial charge < -0.3 is 0 Å². The maximum absolute atomic E-state index is 11.4. The third-order valence-corrected chi connectivity index (χ3v) is 1.74. The second-order valence-corrected chi connectivity index (χ2v) is 3.72. The zero-order valence-electron chi connectivity index (χ0n) is 8.59. The summed E-state index contributed by atoms with van der Waals surface area (Å²) in [4.78, 5) is 33.3. The van der Waals surface area contributed by atoms with Crippen LogP contribution in [0.1, 0.15) is 34.1 Å². The molecule has 0 heterocycles. The summed E-state index contributed by atoms with van der Waals surface area (Å²) in [6, 6.07) is 0. The van der Waals surface area contributed by atoms with Crippen LogP contribution in [0.15, 0.2) is 0 Å². The average Bonchev–Trinajstić information content (AvgIpc) is 1.81. The molecular formula is C10H16O3. The Bertz CT molecular complexity index is 214. The fourth-order valence-electron chi connectivity index (χ4n) is 1.26. The fourth-order valence-corrected chi connectivity index (χ4v) is 1.26. The van der Waals surface area contributed by atoms with E-state index in [1.54, 1.807) is 0 Å². The van der Waals surface area contributed by atoms with E-state index in [0.717, 1.165) is 0 Å². The normalized spacial score (nSPS) is 10.6. The SMILES string of the molecule is CC(=O)C(C(C)=O)C(=O)CC(C)C. The van der Waals surface area contributed by atoms with Crippen LogP contribution >= 0.6 is 0 Å². The number of hydrogen-bond acceptors (Lipinski definition) is 3. The quantitative estimate of drug-likeness (QED) is 0.607. The van der Waals surface area contributed by atoms with Gasteiger partial charge in [-0.25, -0.2) is 0 Å². The summed E-state index contributed by atoms with van der Waals surface area (Å²) in [7, 11) is 0. The lowest BCUT2D eigenvalue weighted by molar-refractivity contribution is -0.138. The van der Waals surface area contributed by atoms with Crippen LogP contribution < -0.4 is 0 Å². The summed E-state index contributed by atoms with van der Waals surface area (Å²) < 4.78 is 0. The van der Waals surface area contributed by atoms with E-state index in [1.165, 1.54) is 13.8 Å². The molecule has 0 aromatic rings. The van der Waals surface area contributed by atoms with Crippen molar-refractivity contribution in [3.63, 3.8) is 0 Å². The van der Waals surface area contributed by atoms with Gasteiger partial charge in [0.05, 0.1) is 0 Å². The van der Waals surface area contributed by atoms with Crippen molar-refractivity contribution in [3.05, 3.63) is 0 Å². The van der Waals surface area contributed by atoms with Gasteiger partial charge >= 0.3 is 0 Å². The number of carbonyl (C=O) groups excluding carboxylic acids is 3. The minimum absolute atomic E-state index is 0.189. The lowest BCUT2D eigenvalue weighted by atomic mass is 9.90. The van der Waals surface area contributed by atoms with Gasteiger partial charge in [0, 0.05) is 6.42 Å². The number of ketones is 3. The Kier molecular flexibility index (Phi) is 4.52. The van der Waals surface area contributed by atoms with Crippen LogP contribution in [0.5, 0.6) is 0 Å². The van der Waals surface area contributed by atoms with E-state index in [0.29, 0.717) is 6.42 Å². The van der Waals surface area contributed by atoms with Crippen molar-refractivity contribution in [2.75, 3.05) is 0 Å². The average molecular weight is 184 g/mol. The third-order valence-electron chi connectivity index (χ3n) is 1.74. The topological polar surface area (TPSA) is 51.2 Å². The summed E-state index contributed by atoms with van der Waals surface area (Å²) in [5.41, 5.74) is 0. The van der Waals surface area contributed by atoms with Crippen LogP contribution in [0.4, 0.5) is 0 Å². The smallest absolute Gasteiger partial charge is 0.151 e. The van der Waals surface area contributed by atoms with Gasteiger partial charge in [-0.1, -0.05) is 13.8 Å². The fraction of sp³-hybridized carbons (Fsp3) is 0.700.